The van der Waals surface area contributed by atoms with Crippen LogP contribution in [0.25, 0.3) is 0 Å². The van der Waals surface area contributed by atoms with E-state index in [0.717, 1.165) is 36.1 Å². The smallest absolute Gasteiger partial charge is 0.254 e. The molecule has 1 fully saturated rings. The lowest BCUT2D eigenvalue weighted by Crippen LogP contribution is -2.42. The van der Waals surface area contributed by atoms with Crippen molar-refractivity contribution in [1.29, 1.82) is 0 Å². The van der Waals surface area contributed by atoms with Gasteiger partial charge < -0.3 is 10.6 Å². The van der Waals surface area contributed by atoms with Crippen LogP contribution in [0.1, 0.15) is 48.2 Å². The summed E-state index contributed by atoms with van der Waals surface area (Å²) in [5.41, 5.74) is 8.05. The van der Waals surface area contributed by atoms with Crippen LogP contribution >= 0.6 is 0 Å². The van der Waals surface area contributed by atoms with Gasteiger partial charge in [0.2, 0.25) is 0 Å². The van der Waals surface area contributed by atoms with Gasteiger partial charge in [0, 0.05) is 23.2 Å². The van der Waals surface area contributed by atoms with E-state index in [1.165, 1.54) is 0 Å². The Bertz CT molecular complexity index is 578. The van der Waals surface area contributed by atoms with Crippen molar-refractivity contribution >= 4 is 5.91 Å². The quantitative estimate of drug-likeness (QED) is 0.796. The third-order valence-corrected chi connectivity index (χ3v) is 3.94. The van der Waals surface area contributed by atoms with Crippen LogP contribution in [0.2, 0.25) is 0 Å². The molecular weight excluding hydrogens is 248 g/mol. The normalized spacial score (nSPS) is 16.7. The molecule has 3 nitrogen and oxygen atoms in total. The number of carbonyl (C=O) groups excluding carboxylic acids is 1. The predicted molar refractivity (Wildman–Crippen MR) is 81.5 cm³/mol. The maximum Gasteiger partial charge on any atom is 0.254 e. The van der Waals surface area contributed by atoms with Crippen molar-refractivity contribution in [2.75, 3.05) is 13.1 Å². The first-order valence-corrected chi connectivity index (χ1v) is 7.07. The van der Waals surface area contributed by atoms with E-state index in [9.17, 15) is 4.79 Å². The fraction of sp³-hybridized carbons (Fsp3) is 0.471. The zero-order valence-electron chi connectivity index (χ0n) is 12.5. The number of carbonyl (C=O) groups is 1. The molecule has 1 aliphatic heterocycles. The standard InChI is InChI=1S/C17H22N2O/c1-13-12-15(8-7-14(13)6-4-10-18)16(20)19-11-5-9-17(19,2)3/h7-8,12H,5,9-11,18H2,1-3H3. The van der Waals surface area contributed by atoms with Gasteiger partial charge in [-0.25, -0.2) is 0 Å². The third-order valence-electron chi connectivity index (χ3n) is 3.94. The van der Waals surface area contributed by atoms with Crippen molar-refractivity contribution in [2.24, 2.45) is 5.73 Å². The molecule has 1 heterocycles. The van der Waals surface area contributed by atoms with Gasteiger partial charge in [0.1, 0.15) is 0 Å². The molecule has 0 aliphatic carbocycles. The fourth-order valence-electron chi connectivity index (χ4n) is 2.72. The number of nitrogens with zero attached hydrogens (tertiary/aromatic N) is 1. The maximum atomic E-state index is 12.6. The largest absolute Gasteiger partial charge is 0.334 e. The molecule has 20 heavy (non-hydrogen) atoms. The molecule has 1 aromatic rings. The zero-order valence-corrected chi connectivity index (χ0v) is 12.5. The van der Waals surface area contributed by atoms with E-state index in [2.05, 4.69) is 25.7 Å². The molecule has 2 N–H and O–H groups in total. The maximum absolute atomic E-state index is 12.6. The highest BCUT2D eigenvalue weighted by atomic mass is 16.2. The van der Waals surface area contributed by atoms with Gasteiger partial charge in [-0.15, -0.1) is 0 Å². The van der Waals surface area contributed by atoms with E-state index in [4.69, 9.17) is 5.73 Å². The van der Waals surface area contributed by atoms with Crippen LogP contribution in [0.5, 0.6) is 0 Å². The monoisotopic (exact) mass is 270 g/mol. The van der Waals surface area contributed by atoms with Gasteiger partial charge >= 0.3 is 0 Å². The predicted octanol–water partition coefficient (Wildman–Crippen LogP) is 2.32. The number of amides is 1. The number of aryl methyl sites for hydroxylation is 1. The fourth-order valence-corrected chi connectivity index (χ4v) is 2.72. The molecule has 1 aliphatic rings. The lowest BCUT2D eigenvalue weighted by molar-refractivity contribution is 0.0652. The van der Waals surface area contributed by atoms with Crippen molar-refractivity contribution in [1.82, 2.24) is 4.90 Å². The number of benzene rings is 1. The summed E-state index contributed by atoms with van der Waals surface area (Å²) in [6.07, 6.45) is 2.15. The van der Waals surface area contributed by atoms with Crippen molar-refractivity contribution in [3.63, 3.8) is 0 Å². The summed E-state index contributed by atoms with van der Waals surface area (Å²) >= 11 is 0. The summed E-state index contributed by atoms with van der Waals surface area (Å²) < 4.78 is 0. The number of likely N-dealkylation sites (tertiary alicyclic amines) is 1. The van der Waals surface area contributed by atoms with E-state index in [-0.39, 0.29) is 11.4 Å². The Hall–Kier alpha value is -1.79. The van der Waals surface area contributed by atoms with E-state index < -0.39 is 0 Å². The molecule has 1 amide bonds. The minimum Gasteiger partial charge on any atom is -0.334 e. The topological polar surface area (TPSA) is 46.3 Å². The second kappa shape index (κ2) is 5.68. The van der Waals surface area contributed by atoms with Gasteiger partial charge in [-0.3, -0.25) is 4.79 Å². The molecule has 3 heteroatoms. The van der Waals surface area contributed by atoms with E-state index in [0.29, 0.717) is 6.54 Å². The first-order chi connectivity index (χ1) is 9.45. The molecule has 0 radical (unpaired) electrons. The van der Waals surface area contributed by atoms with Crippen LogP contribution in [0.3, 0.4) is 0 Å². The van der Waals surface area contributed by atoms with Gasteiger partial charge in [-0.2, -0.15) is 0 Å². The summed E-state index contributed by atoms with van der Waals surface area (Å²) in [4.78, 5) is 14.6. The van der Waals surface area contributed by atoms with E-state index in [1.54, 1.807) is 0 Å². The number of hydrogen-bond donors (Lipinski definition) is 1. The first-order valence-electron chi connectivity index (χ1n) is 7.07. The van der Waals surface area contributed by atoms with Crippen molar-refractivity contribution in [3.8, 4) is 11.8 Å². The molecule has 1 aromatic carbocycles. The molecule has 2 rings (SSSR count). The summed E-state index contributed by atoms with van der Waals surface area (Å²) in [5.74, 6) is 5.99. The second-order valence-electron chi connectivity index (χ2n) is 5.91. The van der Waals surface area contributed by atoms with Crippen molar-refractivity contribution in [3.05, 3.63) is 34.9 Å². The zero-order chi connectivity index (χ0) is 14.8. The Morgan fingerprint density at radius 3 is 2.75 bits per heavy atom. The molecule has 0 aromatic heterocycles. The highest BCUT2D eigenvalue weighted by Crippen LogP contribution is 2.30. The average molecular weight is 270 g/mol. The van der Waals surface area contributed by atoms with Gasteiger partial charge in [-0.05, 0) is 57.4 Å². The molecule has 0 unspecified atom stereocenters. The van der Waals surface area contributed by atoms with Crippen LogP contribution in [0, 0.1) is 18.8 Å². The molecule has 106 valence electrons. The van der Waals surface area contributed by atoms with Crippen LogP contribution in [0.4, 0.5) is 0 Å². The van der Waals surface area contributed by atoms with Crippen LogP contribution in [0.15, 0.2) is 18.2 Å². The minimum absolute atomic E-state index is 0.0387. The van der Waals surface area contributed by atoms with E-state index in [1.807, 2.05) is 30.0 Å². The Kier molecular flexibility index (Phi) is 4.15. The lowest BCUT2D eigenvalue weighted by atomic mass is 10.00. The van der Waals surface area contributed by atoms with Crippen LogP contribution in [-0.2, 0) is 0 Å². The SMILES string of the molecule is Cc1cc(C(=O)N2CCCC2(C)C)ccc1C#CCN. The number of rotatable bonds is 1. The molecule has 0 saturated carbocycles. The van der Waals surface area contributed by atoms with Crippen molar-refractivity contribution < 1.29 is 4.79 Å². The Balaban J connectivity index is 2.26. The summed E-state index contributed by atoms with van der Waals surface area (Å²) in [5, 5.41) is 0. The molecule has 0 atom stereocenters. The minimum atomic E-state index is -0.0387. The Morgan fingerprint density at radius 1 is 1.45 bits per heavy atom. The van der Waals surface area contributed by atoms with Gasteiger partial charge in [-0.1, -0.05) is 11.8 Å². The molecule has 0 bridgehead atoms. The summed E-state index contributed by atoms with van der Waals surface area (Å²) in [7, 11) is 0. The Labute approximate surface area is 121 Å². The first kappa shape index (κ1) is 14.6. The summed E-state index contributed by atoms with van der Waals surface area (Å²) in [6.45, 7) is 7.44. The Morgan fingerprint density at radius 2 is 2.20 bits per heavy atom. The summed E-state index contributed by atoms with van der Waals surface area (Å²) in [6, 6.07) is 5.70. The highest BCUT2D eigenvalue weighted by Gasteiger charge is 2.35. The molecule has 0 spiro atoms. The van der Waals surface area contributed by atoms with Gasteiger partial charge in [0.15, 0.2) is 0 Å². The average Bonchev–Trinajstić information content (AvgIpc) is 2.76. The highest BCUT2D eigenvalue weighted by molar-refractivity contribution is 5.95. The molecule has 1 saturated heterocycles. The van der Waals surface area contributed by atoms with Crippen LogP contribution < -0.4 is 5.73 Å². The van der Waals surface area contributed by atoms with Crippen LogP contribution in [-0.4, -0.2) is 29.4 Å². The van der Waals surface area contributed by atoms with Crippen molar-refractivity contribution in [2.45, 2.75) is 39.2 Å². The number of nitrogens with two attached hydrogens (primary N) is 1. The second-order valence-corrected chi connectivity index (χ2v) is 5.91. The lowest BCUT2D eigenvalue weighted by Gasteiger charge is -2.31. The van der Waals surface area contributed by atoms with Gasteiger partial charge in [0.05, 0.1) is 6.54 Å². The van der Waals surface area contributed by atoms with Gasteiger partial charge in [0.25, 0.3) is 5.91 Å². The number of hydrogen-bond acceptors (Lipinski definition) is 2. The third kappa shape index (κ3) is 2.86. The molecular formula is C17H22N2O. The van der Waals surface area contributed by atoms with E-state index >= 15 is 0 Å².